The van der Waals surface area contributed by atoms with Crippen LogP contribution in [0.3, 0.4) is 0 Å². The van der Waals surface area contributed by atoms with Gasteiger partial charge in [-0.2, -0.15) is 0 Å². The van der Waals surface area contributed by atoms with Crippen LogP contribution < -0.4 is 10.0 Å². The molecular weight excluding hydrogens is 432 g/mol. The van der Waals surface area contributed by atoms with Gasteiger partial charge >= 0.3 is 0 Å². The molecule has 2 N–H and O–H groups in total. The quantitative estimate of drug-likeness (QED) is 0.400. The van der Waals surface area contributed by atoms with E-state index in [1.807, 2.05) is 42.5 Å². The third kappa shape index (κ3) is 4.40. The SMILES string of the molecule is Cc1ccccc1NS(=O)(=O)c1cc(C(=O)Nc2cccc3ccccc23)ccc1Cl. The van der Waals surface area contributed by atoms with Gasteiger partial charge in [0.15, 0.2) is 0 Å². The first-order valence-corrected chi connectivity index (χ1v) is 11.4. The molecule has 31 heavy (non-hydrogen) atoms. The van der Waals surface area contributed by atoms with Gasteiger partial charge in [-0.25, -0.2) is 8.42 Å². The van der Waals surface area contributed by atoms with Gasteiger partial charge in [-0.3, -0.25) is 9.52 Å². The highest BCUT2D eigenvalue weighted by atomic mass is 35.5. The minimum atomic E-state index is -3.99. The molecule has 0 bridgehead atoms. The van der Waals surface area contributed by atoms with Crippen molar-refractivity contribution in [3.05, 3.63) is 101 Å². The lowest BCUT2D eigenvalue weighted by molar-refractivity contribution is 0.102. The van der Waals surface area contributed by atoms with E-state index >= 15 is 0 Å². The molecule has 4 aromatic carbocycles. The number of benzene rings is 4. The molecule has 0 radical (unpaired) electrons. The zero-order chi connectivity index (χ0) is 22.0. The van der Waals surface area contributed by atoms with E-state index < -0.39 is 15.9 Å². The van der Waals surface area contributed by atoms with Gasteiger partial charge in [0.05, 0.1) is 10.7 Å². The first-order chi connectivity index (χ1) is 14.8. The Bertz CT molecular complexity index is 1400. The number of hydrogen-bond acceptors (Lipinski definition) is 3. The summed E-state index contributed by atoms with van der Waals surface area (Å²) in [5, 5.41) is 4.77. The zero-order valence-corrected chi connectivity index (χ0v) is 18.2. The number of carbonyl (C=O) groups excluding carboxylic acids is 1. The second-order valence-corrected chi connectivity index (χ2v) is 9.10. The summed E-state index contributed by atoms with van der Waals surface area (Å²) < 4.78 is 28.5. The molecule has 0 saturated heterocycles. The summed E-state index contributed by atoms with van der Waals surface area (Å²) in [7, 11) is -3.99. The monoisotopic (exact) mass is 450 g/mol. The summed E-state index contributed by atoms with van der Waals surface area (Å²) in [6.45, 7) is 1.80. The molecule has 0 unspecified atom stereocenters. The van der Waals surface area contributed by atoms with Crippen molar-refractivity contribution < 1.29 is 13.2 Å². The van der Waals surface area contributed by atoms with Crippen LogP contribution in [-0.4, -0.2) is 14.3 Å². The Labute approximate surface area is 185 Å². The molecule has 0 aliphatic carbocycles. The molecule has 1 amide bonds. The van der Waals surface area contributed by atoms with Crippen LogP contribution in [0, 0.1) is 6.92 Å². The number of halogens is 1. The van der Waals surface area contributed by atoms with Gasteiger partial charge in [-0.1, -0.05) is 66.2 Å². The lowest BCUT2D eigenvalue weighted by Crippen LogP contribution is -2.17. The van der Waals surface area contributed by atoms with E-state index in [-0.39, 0.29) is 15.5 Å². The first kappa shape index (κ1) is 20.9. The largest absolute Gasteiger partial charge is 0.321 e. The number of sulfonamides is 1. The number of fused-ring (bicyclic) bond motifs is 1. The fourth-order valence-corrected chi connectivity index (χ4v) is 4.92. The van der Waals surface area contributed by atoms with Gasteiger partial charge in [-0.05, 0) is 48.2 Å². The van der Waals surface area contributed by atoms with Crippen molar-refractivity contribution in [2.45, 2.75) is 11.8 Å². The molecule has 0 saturated carbocycles. The van der Waals surface area contributed by atoms with Crippen molar-refractivity contribution in [3.8, 4) is 0 Å². The molecule has 0 aliphatic rings. The molecule has 0 fully saturated rings. The van der Waals surface area contributed by atoms with Crippen LogP contribution in [0.4, 0.5) is 11.4 Å². The summed E-state index contributed by atoms with van der Waals surface area (Å²) in [4.78, 5) is 12.7. The minimum absolute atomic E-state index is 0.0304. The maximum Gasteiger partial charge on any atom is 0.263 e. The smallest absolute Gasteiger partial charge is 0.263 e. The number of nitrogens with one attached hydrogen (secondary N) is 2. The summed E-state index contributed by atoms with van der Waals surface area (Å²) in [6.07, 6.45) is 0. The third-order valence-corrected chi connectivity index (χ3v) is 6.76. The number of hydrogen-bond donors (Lipinski definition) is 2. The number of aryl methyl sites for hydroxylation is 1. The molecule has 0 atom stereocenters. The Kier molecular flexibility index (Phi) is 5.67. The summed E-state index contributed by atoms with van der Waals surface area (Å²) in [5.41, 5.74) is 2.04. The molecule has 4 aromatic rings. The Balaban J connectivity index is 1.65. The van der Waals surface area contributed by atoms with Crippen LogP contribution in [0.15, 0.2) is 89.8 Å². The van der Waals surface area contributed by atoms with Crippen molar-refractivity contribution in [3.63, 3.8) is 0 Å². The predicted octanol–water partition coefficient (Wildman–Crippen LogP) is 5.85. The highest BCUT2D eigenvalue weighted by Gasteiger charge is 2.21. The Morgan fingerprint density at radius 1 is 0.839 bits per heavy atom. The summed E-state index contributed by atoms with van der Waals surface area (Å²) in [6, 6.07) is 24.5. The highest BCUT2D eigenvalue weighted by molar-refractivity contribution is 7.92. The van der Waals surface area contributed by atoms with E-state index in [2.05, 4.69) is 10.0 Å². The van der Waals surface area contributed by atoms with Gasteiger partial charge in [0.1, 0.15) is 4.90 Å². The number of para-hydroxylation sites is 1. The van der Waals surface area contributed by atoms with E-state index in [0.29, 0.717) is 11.4 Å². The van der Waals surface area contributed by atoms with Crippen LogP contribution in [0.5, 0.6) is 0 Å². The van der Waals surface area contributed by atoms with Crippen LogP contribution >= 0.6 is 11.6 Å². The molecule has 0 aromatic heterocycles. The van der Waals surface area contributed by atoms with Crippen molar-refractivity contribution in [2.24, 2.45) is 0 Å². The lowest BCUT2D eigenvalue weighted by atomic mass is 10.1. The number of carbonyl (C=O) groups is 1. The number of amides is 1. The van der Waals surface area contributed by atoms with E-state index in [1.54, 1.807) is 31.2 Å². The molecule has 156 valence electrons. The molecule has 5 nitrogen and oxygen atoms in total. The number of rotatable bonds is 5. The topological polar surface area (TPSA) is 75.3 Å². The Morgan fingerprint density at radius 3 is 2.32 bits per heavy atom. The zero-order valence-electron chi connectivity index (χ0n) is 16.6. The average Bonchev–Trinajstić information content (AvgIpc) is 2.75. The van der Waals surface area contributed by atoms with E-state index in [1.165, 1.54) is 18.2 Å². The van der Waals surface area contributed by atoms with Crippen LogP contribution in [0.2, 0.25) is 5.02 Å². The standard InChI is InChI=1S/C24H19ClN2O3S/c1-16-7-2-5-11-21(16)27-31(29,30)23-15-18(13-14-20(23)25)24(28)26-22-12-6-9-17-8-3-4-10-19(17)22/h2-15,27H,1H3,(H,26,28). The van der Waals surface area contributed by atoms with Gasteiger partial charge in [-0.15, -0.1) is 0 Å². The van der Waals surface area contributed by atoms with Crippen molar-refractivity contribution in [1.82, 2.24) is 0 Å². The normalized spacial score (nSPS) is 11.3. The van der Waals surface area contributed by atoms with E-state index in [9.17, 15) is 13.2 Å². The van der Waals surface area contributed by atoms with Crippen molar-refractivity contribution in [2.75, 3.05) is 10.0 Å². The van der Waals surface area contributed by atoms with E-state index in [4.69, 9.17) is 11.6 Å². The van der Waals surface area contributed by atoms with Gasteiger partial charge in [0.2, 0.25) is 0 Å². The fourth-order valence-electron chi connectivity index (χ4n) is 3.27. The summed E-state index contributed by atoms with van der Waals surface area (Å²) in [5.74, 6) is -0.430. The molecule has 7 heteroatoms. The van der Waals surface area contributed by atoms with E-state index in [0.717, 1.165) is 16.3 Å². The molecule has 0 spiro atoms. The molecule has 0 heterocycles. The first-order valence-electron chi connectivity index (χ1n) is 9.52. The van der Waals surface area contributed by atoms with Crippen LogP contribution in [0.25, 0.3) is 10.8 Å². The summed E-state index contributed by atoms with van der Waals surface area (Å²) >= 11 is 6.18. The second-order valence-electron chi connectivity index (χ2n) is 7.05. The maximum atomic E-state index is 13.0. The Hall–Kier alpha value is -3.35. The van der Waals surface area contributed by atoms with Crippen LogP contribution in [0.1, 0.15) is 15.9 Å². The van der Waals surface area contributed by atoms with Crippen molar-refractivity contribution >= 4 is 49.7 Å². The fraction of sp³-hybridized carbons (Fsp3) is 0.0417. The molecular formula is C24H19ClN2O3S. The predicted molar refractivity (Wildman–Crippen MR) is 125 cm³/mol. The lowest BCUT2D eigenvalue weighted by Gasteiger charge is -2.13. The maximum absolute atomic E-state index is 13.0. The van der Waals surface area contributed by atoms with Gasteiger partial charge in [0, 0.05) is 16.6 Å². The van der Waals surface area contributed by atoms with Gasteiger partial charge in [0.25, 0.3) is 15.9 Å². The molecule has 0 aliphatic heterocycles. The second kappa shape index (κ2) is 8.41. The Morgan fingerprint density at radius 2 is 1.52 bits per heavy atom. The number of anilines is 2. The van der Waals surface area contributed by atoms with Crippen LogP contribution in [-0.2, 0) is 10.0 Å². The minimum Gasteiger partial charge on any atom is -0.321 e. The third-order valence-electron chi connectivity index (χ3n) is 4.91. The molecule has 4 rings (SSSR count). The average molecular weight is 451 g/mol. The van der Waals surface area contributed by atoms with Crippen molar-refractivity contribution in [1.29, 1.82) is 0 Å². The van der Waals surface area contributed by atoms with Gasteiger partial charge < -0.3 is 5.32 Å². The highest BCUT2D eigenvalue weighted by Crippen LogP contribution is 2.28.